The molecule has 7 aliphatic heterocycles. The number of amides is 1. The first-order valence-corrected chi connectivity index (χ1v) is 50.1. The molecular weight excluding hydrogens is 1800 g/mol. The summed E-state index contributed by atoms with van der Waals surface area (Å²) in [7, 11) is 0. The van der Waals surface area contributed by atoms with Crippen LogP contribution in [0.1, 0.15) is 225 Å². The molecule has 16 aliphatic rings. The van der Waals surface area contributed by atoms with Crippen molar-refractivity contribution < 1.29 is 187 Å². The van der Waals surface area contributed by atoms with Crippen molar-refractivity contribution in [1.82, 2.24) is 5.32 Å². The first kappa shape index (κ1) is 108. The summed E-state index contributed by atoms with van der Waals surface area (Å²) in [6.45, 7) is 21.3. The summed E-state index contributed by atoms with van der Waals surface area (Å²) in [6, 6.07) is -1.60. The Hall–Kier alpha value is -3.62. The molecule has 0 aromatic rings. The number of nitrogens with one attached hydrogen (secondary N) is 1. The number of aliphatic hydroxyl groups excluding tert-OH is 17. The summed E-state index contributed by atoms with van der Waals surface area (Å²) >= 11 is 0. The Kier molecular flexibility index (Phi) is 32.1. The zero-order valence-corrected chi connectivity index (χ0v) is 80.3. The highest BCUT2D eigenvalue weighted by Crippen LogP contribution is 2.77. The zero-order chi connectivity index (χ0) is 98.5. The second-order valence-corrected chi connectivity index (χ2v) is 46.4. The Balaban J connectivity index is 0.0000143. The van der Waals surface area contributed by atoms with Gasteiger partial charge in [-0.3, -0.25) is 4.79 Å². The minimum Gasteiger partial charge on any atom is -0.479 e. The van der Waals surface area contributed by atoms with Gasteiger partial charge in [0.15, 0.2) is 49.9 Å². The number of esters is 1. The molecule has 0 aromatic heterocycles. The number of carbonyl (C=O) groups excluding carboxylic acids is 3. The van der Waals surface area contributed by atoms with Crippen molar-refractivity contribution in [2.24, 2.45) is 102 Å². The molecule has 15 fully saturated rings. The molecule has 20 N–H and O–H groups in total. The van der Waals surface area contributed by atoms with Crippen LogP contribution in [0.3, 0.4) is 0 Å². The minimum atomic E-state index is -2.24. The minimum absolute atomic E-state index is 0. The highest BCUT2D eigenvalue weighted by atomic mass is 16.8. The molecule has 0 spiro atoms. The topological polar surface area (TPSA) is 603 Å². The normalized spacial score (nSPS) is 52.5. The van der Waals surface area contributed by atoms with Crippen molar-refractivity contribution in [2.75, 3.05) is 39.6 Å². The highest BCUT2D eigenvalue weighted by molar-refractivity contribution is 5.80. The second-order valence-electron chi connectivity index (χ2n) is 46.4. The number of hydrogen-bond acceptors (Lipinski definition) is 37. The van der Waals surface area contributed by atoms with E-state index in [1.807, 2.05) is 0 Å². The van der Waals surface area contributed by atoms with Crippen LogP contribution in [0.15, 0.2) is 11.6 Å². The number of aliphatic carboxylic acids is 1. The lowest BCUT2D eigenvalue weighted by atomic mass is 9.33. The molecule has 0 radical (unpaired) electrons. The highest BCUT2D eigenvalue weighted by Gasteiger charge is 2.74. The van der Waals surface area contributed by atoms with Crippen LogP contribution >= 0.6 is 0 Å². The third kappa shape index (κ3) is 18.9. The van der Waals surface area contributed by atoms with E-state index in [1.165, 1.54) is 51.9 Å². The average molecular weight is 1960 g/mol. The predicted molar refractivity (Wildman–Crippen MR) is 475 cm³/mol. The summed E-state index contributed by atoms with van der Waals surface area (Å²) in [5.74, 6) is -0.133. The lowest BCUT2D eigenvalue weighted by Gasteiger charge is -2.71. The van der Waals surface area contributed by atoms with Gasteiger partial charge < -0.3 is 178 Å². The first-order chi connectivity index (χ1) is 64.0. The smallest absolute Gasteiger partial charge is 0.407 e. The number of aldehydes is 1. The Bertz CT molecular complexity index is 4170. The molecule has 784 valence electrons. The fourth-order valence-electron chi connectivity index (χ4n) is 29.9. The van der Waals surface area contributed by atoms with Crippen molar-refractivity contribution in [3.05, 3.63) is 11.6 Å². The number of hydrogen-bond donors (Lipinski definition) is 20. The van der Waals surface area contributed by atoms with E-state index >= 15 is 4.79 Å². The van der Waals surface area contributed by atoms with E-state index in [0.717, 1.165) is 31.1 Å². The van der Waals surface area contributed by atoms with E-state index in [0.29, 0.717) is 92.3 Å². The summed E-state index contributed by atoms with van der Waals surface area (Å²) in [5, 5.41) is 218. The molecule has 9 aliphatic carbocycles. The van der Waals surface area contributed by atoms with Crippen LogP contribution in [-0.2, 0) is 85.4 Å². The number of carbonyl (C=O) groups is 4. The van der Waals surface area contributed by atoms with Crippen LogP contribution in [0.4, 0.5) is 4.79 Å². The Morgan fingerprint density at radius 1 is 0.540 bits per heavy atom. The maximum atomic E-state index is 16.5. The van der Waals surface area contributed by atoms with Crippen LogP contribution < -0.4 is 5.32 Å². The van der Waals surface area contributed by atoms with Gasteiger partial charge in [0.25, 0.3) is 0 Å². The molecule has 7 heterocycles. The Morgan fingerprint density at radius 2 is 1.17 bits per heavy atom. The number of rotatable bonds is 26. The number of allylic oxidation sites excluding steroid dienone is 2. The van der Waals surface area contributed by atoms with Gasteiger partial charge in [0, 0.05) is 0 Å². The van der Waals surface area contributed by atoms with Crippen LogP contribution in [0.5, 0.6) is 0 Å². The monoisotopic (exact) mass is 1960 g/mol. The van der Waals surface area contributed by atoms with Crippen molar-refractivity contribution >= 4 is 24.3 Å². The molecule has 39 heteroatoms. The molecular formula is C98H159NO38. The quantitative estimate of drug-likeness (QED) is 0.0252. The summed E-state index contributed by atoms with van der Waals surface area (Å²) in [5.41, 5.74) is -7.05. The summed E-state index contributed by atoms with van der Waals surface area (Å²) < 4.78 is 92.1. The van der Waals surface area contributed by atoms with Crippen LogP contribution in [-0.4, -0.2) is 369 Å². The van der Waals surface area contributed by atoms with Gasteiger partial charge in [-0.1, -0.05) is 114 Å². The molecule has 7 saturated heterocycles. The maximum absolute atomic E-state index is 16.5. The second kappa shape index (κ2) is 40.9. The Morgan fingerprint density at radius 3 is 1.85 bits per heavy atom. The lowest BCUT2D eigenvalue weighted by Crippen LogP contribution is -2.70. The van der Waals surface area contributed by atoms with Gasteiger partial charge in [-0.25, -0.2) is 9.59 Å². The lowest BCUT2D eigenvalue weighted by molar-refractivity contribution is -0.391. The van der Waals surface area contributed by atoms with Crippen molar-refractivity contribution in [3.63, 3.8) is 0 Å². The van der Waals surface area contributed by atoms with Crippen LogP contribution in [0, 0.1) is 102 Å². The van der Waals surface area contributed by atoms with Crippen LogP contribution in [0.25, 0.3) is 0 Å². The van der Waals surface area contributed by atoms with Crippen molar-refractivity contribution in [1.29, 1.82) is 0 Å². The number of carboxylic acid groups (broad SMARTS) is 1. The van der Waals surface area contributed by atoms with Gasteiger partial charge in [-0.2, -0.15) is 0 Å². The van der Waals surface area contributed by atoms with E-state index in [4.69, 9.17) is 71.1 Å². The number of alkyl carbamates (subject to hydrolysis) is 1. The fraction of sp³-hybridized carbons (Fsp3) is 0.939. The largest absolute Gasteiger partial charge is 0.479 e. The zero-order valence-electron chi connectivity index (χ0n) is 80.3. The molecule has 0 bridgehead atoms. The number of fused-ring (bicyclic) bond motifs is 12. The molecule has 8 saturated carbocycles. The van der Waals surface area contributed by atoms with E-state index in [-0.39, 0.29) is 43.9 Å². The first-order valence-electron chi connectivity index (χ1n) is 50.1. The van der Waals surface area contributed by atoms with Gasteiger partial charge in [0.2, 0.25) is 6.29 Å². The van der Waals surface area contributed by atoms with Crippen molar-refractivity contribution in [2.45, 2.75) is 434 Å². The predicted octanol–water partition coefficient (Wildman–Crippen LogP) is 1.49. The molecule has 0 aromatic carbocycles. The van der Waals surface area contributed by atoms with E-state index in [1.54, 1.807) is 6.92 Å². The Labute approximate surface area is 800 Å². The molecule has 39 nitrogen and oxygen atoms in total. The van der Waals surface area contributed by atoms with Gasteiger partial charge in [-0.15, -0.1) is 0 Å². The number of aliphatic hydroxyl groups is 18. The SMILES string of the molecule is C.CC(C)CCC[C@@H](C)[C@H]1CC[C@H]2[C@@H]3CC[C@H]4C[C@@H](OC(=O)N[C@@H]5C(O)C(O[C@@H]6OC(C)[C@H](O[C@@H]7OC[C@@H](O)C(O[C@@H]8OC[C@@](O)(CO)C8O)C7O)C(O)C6O)[C@H](OC(=O)[C@]67CCC(C)(C)CC6C6=CCC8C9(C)CC[C@H](O[C@@H]%10OC(C(=O)O)[C@@H](O)[C@H](O[C@@H]%11OC[C@@H](O)[C@H](O)C%11O)C%10O[C@@H]%10OC(CO)[C@H](O)[C@H](O)C%10O)[C@](C)(C=O)[C@@H]9CC[C@]8(C)[C@]6(C)CC7O)O[C@@H]5CO)CC[C@]4(C)[C@H]3CC[C@]12C. The third-order valence-corrected chi connectivity index (χ3v) is 38.0. The van der Waals surface area contributed by atoms with Crippen molar-refractivity contribution in [3.8, 4) is 0 Å². The van der Waals surface area contributed by atoms with Gasteiger partial charge in [-0.05, 0) is 214 Å². The number of carboxylic acids is 1. The molecule has 50 atom stereocenters. The molecule has 17 unspecified atom stereocenters. The summed E-state index contributed by atoms with van der Waals surface area (Å²) in [6.07, 6.45) is -40.4. The maximum Gasteiger partial charge on any atom is 0.407 e. The van der Waals surface area contributed by atoms with E-state index in [2.05, 4.69) is 80.6 Å². The van der Waals surface area contributed by atoms with Gasteiger partial charge in [0.1, 0.15) is 139 Å². The summed E-state index contributed by atoms with van der Waals surface area (Å²) in [4.78, 5) is 58.9. The average Bonchev–Trinajstić information content (AvgIpc) is 1.39. The van der Waals surface area contributed by atoms with E-state index < -0.39 is 310 Å². The van der Waals surface area contributed by atoms with Crippen LogP contribution in [0.2, 0.25) is 0 Å². The fourth-order valence-corrected chi connectivity index (χ4v) is 29.9. The van der Waals surface area contributed by atoms with E-state index in [9.17, 15) is 111 Å². The standard InChI is InChI=1S/C97H155NO38.CH4/c1-42(2)14-13-15-43(3)48-18-19-49-47-17-16-45-32-46(22-26-90(45,7)50(47)23-27-91(48,49)8)126-88(120)98-61-55(35-99)127-84(76(64(61)108)134-82-69(113)66(110)72(44(4)125-82)130-81-71(115)73(54(104)38-123-81)131-86-78(116)96(121,40-102)41-124-86)136-87(119)97-31-30-89(5,6)33-52(97)51-20-21-58-92(9)28-25-60(93(10,39-101)57(92)24-29-94(58,11)95(51,12)34-59(97)105)129-85-77(135-83-68(112)65(109)63(107)56(36-100)128-83)74(70(114)75(133-85)79(117)118)132-80-67(111)62(106)53(103)37-122-80;/h20,39,42-50,52-78,80-86,99-100,102-116,121H,13-19,21-38,40-41H2,1-12H3,(H,98,120)(H,117,118);1H4/t43-,44?,45+,46+,47+,48-,49+,50+,52?,53-,54-,55-,56?,57-,58?,59?,60+,61+,62+,63+,64?,65+,66?,67?,68?,69?,70+,71?,72+,73?,74+,75?,76?,77?,78?,80+,81+,82+,83+,84+,85-,86+,90+,91-,92?,93-,94+,95-,96+,97-;/m1./s1. The molecule has 16 rings (SSSR count). The van der Waals surface area contributed by atoms with Gasteiger partial charge >= 0.3 is 18.0 Å². The third-order valence-electron chi connectivity index (χ3n) is 38.0. The van der Waals surface area contributed by atoms with Gasteiger partial charge in [0.05, 0.1) is 69.4 Å². The molecule has 1 amide bonds. The molecule has 137 heavy (non-hydrogen) atoms. The number of ether oxygens (including phenoxy) is 15.